The van der Waals surface area contributed by atoms with E-state index in [2.05, 4.69) is 9.47 Å². The number of hydrogen-bond acceptors (Lipinski definition) is 3. The van der Waals surface area contributed by atoms with E-state index in [4.69, 9.17) is 0 Å². The average Bonchev–Trinajstić information content (AvgIpc) is 2.29. The second kappa shape index (κ2) is 5.70. The predicted octanol–water partition coefficient (Wildman–Crippen LogP) is 3.10. The molecule has 0 fully saturated rings. The highest BCUT2D eigenvalue weighted by Crippen LogP contribution is 2.30. The summed E-state index contributed by atoms with van der Waals surface area (Å²) in [5, 5.41) is 0. The molecule has 3 nitrogen and oxygen atoms in total. The number of para-hydroxylation sites is 1. The summed E-state index contributed by atoms with van der Waals surface area (Å²) >= 11 is 0. The van der Waals surface area contributed by atoms with Gasteiger partial charge in [-0.25, -0.2) is 4.79 Å². The Bertz CT molecular complexity index is 421. The fourth-order valence-corrected chi connectivity index (χ4v) is 1.12. The lowest BCUT2D eigenvalue weighted by Gasteiger charge is -2.18. The van der Waals surface area contributed by atoms with Gasteiger partial charge in [0.1, 0.15) is 11.3 Å². The van der Waals surface area contributed by atoms with E-state index in [1.807, 2.05) is 0 Å². The normalized spacial score (nSPS) is 11.4. The quantitative estimate of drug-likeness (QED) is 0.606. The molecule has 7 heteroatoms. The number of hydrogen-bond donors (Lipinski definition) is 0. The van der Waals surface area contributed by atoms with Gasteiger partial charge in [0.2, 0.25) is 0 Å². The van der Waals surface area contributed by atoms with Crippen molar-refractivity contribution < 1.29 is 31.8 Å². The van der Waals surface area contributed by atoms with Crippen molar-refractivity contribution in [3.05, 3.63) is 29.8 Å². The van der Waals surface area contributed by atoms with Gasteiger partial charge >= 0.3 is 18.5 Å². The topological polar surface area (TPSA) is 35.5 Å². The van der Waals surface area contributed by atoms with Crippen LogP contribution in [0.15, 0.2) is 24.3 Å². The van der Waals surface area contributed by atoms with Crippen molar-refractivity contribution in [2.45, 2.75) is 19.5 Å². The van der Waals surface area contributed by atoms with Crippen molar-refractivity contribution in [3.8, 4) is 5.75 Å². The van der Waals surface area contributed by atoms with Gasteiger partial charge in [-0.2, -0.15) is 17.6 Å². The molecule has 0 bridgehead atoms. The number of halogens is 4. The van der Waals surface area contributed by atoms with Crippen molar-refractivity contribution >= 4 is 5.97 Å². The van der Waals surface area contributed by atoms with Gasteiger partial charge in [-0.05, 0) is 19.1 Å². The summed E-state index contributed by atoms with van der Waals surface area (Å²) in [6, 6.07) is 4.79. The molecule has 0 saturated heterocycles. The van der Waals surface area contributed by atoms with Crippen LogP contribution in [0.5, 0.6) is 5.75 Å². The van der Waals surface area contributed by atoms with Crippen LogP contribution in [0.4, 0.5) is 17.6 Å². The molecule has 0 spiro atoms. The highest BCUT2D eigenvalue weighted by molar-refractivity contribution is 5.92. The number of carbonyl (C=O) groups excluding carboxylic acids is 1. The predicted molar refractivity (Wildman–Crippen MR) is 54.0 cm³/mol. The molecule has 0 radical (unpaired) electrons. The van der Waals surface area contributed by atoms with Crippen LogP contribution in [0.3, 0.4) is 0 Å². The van der Waals surface area contributed by atoms with E-state index in [1.165, 1.54) is 19.1 Å². The lowest BCUT2D eigenvalue weighted by atomic mass is 10.2. The zero-order valence-corrected chi connectivity index (χ0v) is 9.33. The minimum Gasteiger partial charge on any atom is -0.462 e. The maximum atomic E-state index is 12.7. The number of ether oxygens (including phenoxy) is 2. The van der Waals surface area contributed by atoms with E-state index in [0.717, 1.165) is 12.1 Å². The number of benzene rings is 1. The second-order valence-electron chi connectivity index (χ2n) is 3.18. The van der Waals surface area contributed by atoms with Gasteiger partial charge in [0.25, 0.3) is 0 Å². The molecule has 1 rings (SSSR count). The Morgan fingerprint density at radius 3 is 2.50 bits per heavy atom. The average molecular weight is 266 g/mol. The third-order valence-electron chi connectivity index (χ3n) is 1.88. The van der Waals surface area contributed by atoms with Crippen molar-refractivity contribution in [2.75, 3.05) is 6.61 Å². The summed E-state index contributed by atoms with van der Waals surface area (Å²) in [4.78, 5) is 11.4. The van der Waals surface area contributed by atoms with E-state index in [9.17, 15) is 22.4 Å². The van der Waals surface area contributed by atoms with E-state index < -0.39 is 24.3 Å². The summed E-state index contributed by atoms with van der Waals surface area (Å²) in [6.45, 7) is 1.55. The Morgan fingerprint density at radius 2 is 1.94 bits per heavy atom. The molecule has 0 aliphatic heterocycles. The molecule has 0 heterocycles. The Labute approximate surface area is 100 Å². The van der Waals surface area contributed by atoms with Gasteiger partial charge in [-0.3, -0.25) is 0 Å². The molecule has 0 N–H and O–H groups in total. The van der Waals surface area contributed by atoms with Gasteiger partial charge in [-0.15, -0.1) is 0 Å². The maximum absolute atomic E-state index is 12.7. The van der Waals surface area contributed by atoms with E-state index >= 15 is 0 Å². The van der Waals surface area contributed by atoms with Crippen LogP contribution in [0.1, 0.15) is 17.3 Å². The number of esters is 1. The summed E-state index contributed by atoms with van der Waals surface area (Å²) in [5.74, 6) is -1.57. The zero-order chi connectivity index (χ0) is 13.8. The van der Waals surface area contributed by atoms with Gasteiger partial charge in [0.05, 0.1) is 6.61 Å². The Hall–Kier alpha value is -1.79. The molecule has 0 aliphatic rings. The summed E-state index contributed by atoms with van der Waals surface area (Å²) in [6.07, 6.45) is -8.66. The fraction of sp³-hybridized carbons (Fsp3) is 0.364. The molecule has 0 aromatic heterocycles. The molecular weight excluding hydrogens is 256 g/mol. The fourth-order valence-electron chi connectivity index (χ4n) is 1.12. The highest BCUT2D eigenvalue weighted by atomic mass is 19.3. The molecule has 1 aromatic rings. The summed E-state index contributed by atoms with van der Waals surface area (Å²) in [7, 11) is 0. The minimum absolute atomic E-state index is 0.0262. The minimum atomic E-state index is -4.66. The van der Waals surface area contributed by atoms with Crippen LogP contribution >= 0.6 is 0 Å². The Morgan fingerprint density at radius 1 is 1.33 bits per heavy atom. The molecule has 0 amide bonds. The van der Waals surface area contributed by atoms with E-state index in [1.54, 1.807) is 0 Å². The molecule has 1 aromatic carbocycles. The smallest absolute Gasteiger partial charge is 0.461 e. The van der Waals surface area contributed by atoms with Crippen molar-refractivity contribution in [2.24, 2.45) is 0 Å². The van der Waals surface area contributed by atoms with Crippen LogP contribution in [-0.4, -0.2) is 25.1 Å². The molecule has 0 unspecified atom stereocenters. The van der Waals surface area contributed by atoms with Crippen LogP contribution in [0, 0.1) is 0 Å². The van der Waals surface area contributed by atoms with Crippen LogP contribution < -0.4 is 4.74 Å². The van der Waals surface area contributed by atoms with E-state index in [0.29, 0.717) is 0 Å². The number of carbonyl (C=O) groups is 1. The van der Waals surface area contributed by atoms with Crippen molar-refractivity contribution in [1.29, 1.82) is 0 Å². The Balaban J connectivity index is 2.99. The van der Waals surface area contributed by atoms with Crippen LogP contribution in [-0.2, 0) is 4.74 Å². The maximum Gasteiger partial charge on any atom is 0.461 e. The lowest BCUT2D eigenvalue weighted by molar-refractivity contribution is -0.253. The monoisotopic (exact) mass is 266 g/mol. The molecule has 100 valence electrons. The number of rotatable bonds is 5. The standard InChI is InChI=1S/C11H10F4O3/c1-2-17-9(16)7-5-3-4-6-8(7)18-11(14,15)10(12)13/h3-6,10H,2H2,1H3. The van der Waals surface area contributed by atoms with Gasteiger partial charge in [-0.1, -0.05) is 12.1 Å². The summed E-state index contributed by atoms with van der Waals surface area (Å²) in [5.41, 5.74) is -0.334. The first-order chi connectivity index (χ1) is 8.38. The highest BCUT2D eigenvalue weighted by Gasteiger charge is 2.44. The lowest BCUT2D eigenvalue weighted by Crippen LogP contribution is -2.34. The van der Waals surface area contributed by atoms with E-state index in [-0.39, 0.29) is 12.2 Å². The second-order valence-corrected chi connectivity index (χ2v) is 3.18. The summed E-state index contributed by atoms with van der Waals surface area (Å²) < 4.78 is 57.9. The number of alkyl halides is 4. The molecular formula is C11H10F4O3. The van der Waals surface area contributed by atoms with Crippen LogP contribution in [0.2, 0.25) is 0 Å². The van der Waals surface area contributed by atoms with Gasteiger partial charge < -0.3 is 9.47 Å². The van der Waals surface area contributed by atoms with Gasteiger partial charge in [0.15, 0.2) is 0 Å². The first kappa shape index (κ1) is 14.3. The third kappa shape index (κ3) is 3.35. The van der Waals surface area contributed by atoms with Crippen molar-refractivity contribution in [3.63, 3.8) is 0 Å². The molecule has 0 atom stereocenters. The largest absolute Gasteiger partial charge is 0.462 e. The van der Waals surface area contributed by atoms with Gasteiger partial charge in [0, 0.05) is 0 Å². The molecule has 0 saturated carbocycles. The van der Waals surface area contributed by atoms with Crippen molar-refractivity contribution in [1.82, 2.24) is 0 Å². The zero-order valence-electron chi connectivity index (χ0n) is 9.33. The molecule has 18 heavy (non-hydrogen) atoms. The Kier molecular flexibility index (Phi) is 4.52. The first-order valence-corrected chi connectivity index (χ1v) is 4.99. The molecule has 0 aliphatic carbocycles. The third-order valence-corrected chi connectivity index (χ3v) is 1.88. The van der Waals surface area contributed by atoms with Crippen LogP contribution in [0.25, 0.3) is 0 Å². The SMILES string of the molecule is CCOC(=O)c1ccccc1OC(F)(F)C(F)F. The first-order valence-electron chi connectivity index (χ1n) is 4.99.